The molecule has 1 fully saturated rings. The van der Waals surface area contributed by atoms with Crippen molar-refractivity contribution >= 4 is 5.91 Å². The third kappa shape index (κ3) is 4.86. The molecule has 27 heavy (non-hydrogen) atoms. The predicted octanol–water partition coefficient (Wildman–Crippen LogP) is 2.59. The average Bonchev–Trinajstić information content (AvgIpc) is 3.29. The number of hydrogen-bond acceptors (Lipinski definition) is 4. The molecule has 0 N–H and O–H groups in total. The third-order valence-corrected chi connectivity index (χ3v) is 4.87. The second-order valence-electron chi connectivity index (χ2n) is 6.69. The first-order valence-electron chi connectivity index (χ1n) is 9.11. The van der Waals surface area contributed by atoms with Gasteiger partial charge in [-0.15, -0.1) is 10.2 Å². The van der Waals surface area contributed by atoms with E-state index in [1.165, 1.54) is 4.90 Å². The van der Waals surface area contributed by atoms with Crippen LogP contribution in [-0.2, 0) is 17.9 Å². The average molecular weight is 384 g/mol. The standard InChI is InChI=1S/C17H23F3N6O/c1-2-26-14(12-25-9-3-8-21-25)22-23-16(26)13-5-10-24(11-6-13)15(27)4-7-17(18,19)20/h3,8-9,13H,2,4-7,10-12H2,1H3. The molecule has 0 spiro atoms. The monoisotopic (exact) mass is 384 g/mol. The first-order chi connectivity index (χ1) is 12.9. The van der Waals surface area contributed by atoms with Crippen LogP contribution in [0.25, 0.3) is 0 Å². The number of amides is 1. The first-order valence-corrected chi connectivity index (χ1v) is 9.11. The van der Waals surface area contributed by atoms with Gasteiger partial charge in [-0.3, -0.25) is 9.48 Å². The maximum absolute atomic E-state index is 12.3. The molecule has 0 radical (unpaired) electrons. The maximum atomic E-state index is 12.3. The normalized spacial score (nSPS) is 16.1. The van der Waals surface area contributed by atoms with Gasteiger partial charge in [0.15, 0.2) is 5.82 Å². The number of rotatable bonds is 6. The largest absolute Gasteiger partial charge is 0.389 e. The Balaban J connectivity index is 1.59. The lowest BCUT2D eigenvalue weighted by molar-refractivity contribution is -0.149. The van der Waals surface area contributed by atoms with Crippen LogP contribution < -0.4 is 0 Å². The molecule has 0 aromatic carbocycles. The molecule has 2 aromatic heterocycles. The fourth-order valence-electron chi connectivity index (χ4n) is 3.45. The van der Waals surface area contributed by atoms with Crippen LogP contribution in [0.1, 0.15) is 50.2 Å². The molecule has 0 saturated carbocycles. The van der Waals surface area contributed by atoms with Crippen molar-refractivity contribution < 1.29 is 18.0 Å². The molecule has 3 rings (SSSR count). The molecule has 0 bridgehead atoms. The van der Waals surface area contributed by atoms with Crippen LogP contribution in [-0.4, -0.2) is 54.6 Å². The zero-order valence-corrected chi connectivity index (χ0v) is 15.2. The lowest BCUT2D eigenvalue weighted by Crippen LogP contribution is -2.38. The summed E-state index contributed by atoms with van der Waals surface area (Å²) in [5.41, 5.74) is 0. The van der Waals surface area contributed by atoms with E-state index >= 15 is 0 Å². The highest BCUT2D eigenvalue weighted by atomic mass is 19.4. The number of aromatic nitrogens is 5. The fourth-order valence-corrected chi connectivity index (χ4v) is 3.45. The molecule has 0 unspecified atom stereocenters. The number of alkyl halides is 3. The fraction of sp³-hybridized carbons (Fsp3) is 0.647. The summed E-state index contributed by atoms with van der Waals surface area (Å²) in [6, 6.07) is 1.85. The van der Waals surface area contributed by atoms with E-state index in [-0.39, 0.29) is 5.92 Å². The topological polar surface area (TPSA) is 68.8 Å². The quantitative estimate of drug-likeness (QED) is 0.768. The summed E-state index contributed by atoms with van der Waals surface area (Å²) in [7, 11) is 0. The molecule has 10 heteroatoms. The molecule has 7 nitrogen and oxygen atoms in total. The van der Waals surface area contributed by atoms with Crippen LogP contribution in [0.15, 0.2) is 18.5 Å². The molecule has 2 aromatic rings. The molecule has 1 amide bonds. The van der Waals surface area contributed by atoms with Crippen molar-refractivity contribution in [1.82, 2.24) is 29.4 Å². The van der Waals surface area contributed by atoms with Crippen molar-refractivity contribution in [3.8, 4) is 0 Å². The Morgan fingerprint density at radius 3 is 2.59 bits per heavy atom. The molecule has 1 aliphatic heterocycles. The van der Waals surface area contributed by atoms with Crippen LogP contribution in [0.3, 0.4) is 0 Å². The van der Waals surface area contributed by atoms with Gasteiger partial charge < -0.3 is 9.47 Å². The SMILES string of the molecule is CCn1c(Cn2cccn2)nnc1C1CCN(C(=O)CCC(F)(F)F)CC1. The van der Waals surface area contributed by atoms with E-state index in [0.717, 1.165) is 18.2 Å². The lowest BCUT2D eigenvalue weighted by atomic mass is 9.95. The van der Waals surface area contributed by atoms with E-state index in [2.05, 4.69) is 19.9 Å². The Hall–Kier alpha value is -2.39. The minimum absolute atomic E-state index is 0.149. The second-order valence-corrected chi connectivity index (χ2v) is 6.69. The zero-order chi connectivity index (χ0) is 19.4. The van der Waals surface area contributed by atoms with Crippen LogP contribution in [0.2, 0.25) is 0 Å². The summed E-state index contributed by atoms with van der Waals surface area (Å²) in [5, 5.41) is 12.8. The van der Waals surface area contributed by atoms with E-state index in [0.29, 0.717) is 32.5 Å². The third-order valence-electron chi connectivity index (χ3n) is 4.87. The molecule has 148 valence electrons. The molecule has 0 atom stereocenters. The highest BCUT2D eigenvalue weighted by molar-refractivity contribution is 5.76. The van der Waals surface area contributed by atoms with Gasteiger partial charge in [-0.05, 0) is 25.8 Å². The second kappa shape index (κ2) is 8.10. The Bertz CT molecular complexity index is 747. The van der Waals surface area contributed by atoms with Crippen molar-refractivity contribution in [3.05, 3.63) is 30.1 Å². The van der Waals surface area contributed by atoms with E-state index in [4.69, 9.17) is 0 Å². The summed E-state index contributed by atoms with van der Waals surface area (Å²) in [6.45, 7) is 4.18. The van der Waals surface area contributed by atoms with Crippen LogP contribution in [0.4, 0.5) is 13.2 Å². The minimum Gasteiger partial charge on any atom is -0.343 e. The van der Waals surface area contributed by atoms with Gasteiger partial charge in [0.2, 0.25) is 5.91 Å². The molecule has 3 heterocycles. The van der Waals surface area contributed by atoms with Crippen molar-refractivity contribution in [2.75, 3.05) is 13.1 Å². The van der Waals surface area contributed by atoms with E-state index in [1.807, 2.05) is 19.2 Å². The Morgan fingerprint density at radius 1 is 1.26 bits per heavy atom. The highest BCUT2D eigenvalue weighted by Crippen LogP contribution is 2.29. The maximum Gasteiger partial charge on any atom is 0.389 e. The summed E-state index contributed by atoms with van der Waals surface area (Å²) >= 11 is 0. The van der Waals surface area contributed by atoms with Gasteiger partial charge in [0, 0.05) is 44.4 Å². The van der Waals surface area contributed by atoms with Gasteiger partial charge in [-0.25, -0.2) is 0 Å². The van der Waals surface area contributed by atoms with Gasteiger partial charge >= 0.3 is 6.18 Å². The number of piperidine rings is 1. The van der Waals surface area contributed by atoms with Crippen molar-refractivity contribution in [2.24, 2.45) is 0 Å². The van der Waals surface area contributed by atoms with Crippen molar-refractivity contribution in [2.45, 2.75) is 57.8 Å². The van der Waals surface area contributed by atoms with Crippen molar-refractivity contribution in [1.29, 1.82) is 0 Å². The summed E-state index contributed by atoms with van der Waals surface area (Å²) < 4.78 is 40.7. The van der Waals surface area contributed by atoms with Crippen LogP contribution in [0.5, 0.6) is 0 Å². The highest BCUT2D eigenvalue weighted by Gasteiger charge is 2.31. The Morgan fingerprint density at radius 2 is 2.00 bits per heavy atom. The van der Waals surface area contributed by atoms with Crippen LogP contribution >= 0.6 is 0 Å². The van der Waals surface area contributed by atoms with Crippen LogP contribution in [0, 0.1) is 0 Å². The number of halogens is 3. The number of nitrogens with zero attached hydrogens (tertiary/aromatic N) is 6. The van der Waals surface area contributed by atoms with Gasteiger partial charge in [-0.2, -0.15) is 18.3 Å². The van der Waals surface area contributed by atoms with E-state index in [1.54, 1.807) is 10.9 Å². The van der Waals surface area contributed by atoms with Gasteiger partial charge in [0.05, 0.1) is 6.42 Å². The number of hydrogen-bond donors (Lipinski definition) is 0. The smallest absolute Gasteiger partial charge is 0.343 e. The van der Waals surface area contributed by atoms with E-state index < -0.39 is 24.9 Å². The zero-order valence-electron chi connectivity index (χ0n) is 15.2. The summed E-state index contributed by atoms with van der Waals surface area (Å²) in [6.07, 6.45) is -0.912. The predicted molar refractivity (Wildman–Crippen MR) is 90.9 cm³/mol. The van der Waals surface area contributed by atoms with Gasteiger partial charge in [0.1, 0.15) is 12.4 Å². The number of likely N-dealkylation sites (tertiary alicyclic amines) is 1. The lowest BCUT2D eigenvalue weighted by Gasteiger charge is -2.32. The molecule has 1 aliphatic rings. The molecular weight excluding hydrogens is 361 g/mol. The molecular formula is C17H23F3N6O. The number of carbonyl (C=O) groups is 1. The first kappa shape index (κ1) is 19.4. The summed E-state index contributed by atoms with van der Waals surface area (Å²) in [5.74, 6) is 1.42. The number of carbonyl (C=O) groups excluding carboxylic acids is 1. The molecule has 0 aliphatic carbocycles. The van der Waals surface area contributed by atoms with Crippen molar-refractivity contribution in [3.63, 3.8) is 0 Å². The Labute approximate surface area is 155 Å². The summed E-state index contributed by atoms with van der Waals surface area (Å²) in [4.78, 5) is 13.5. The van der Waals surface area contributed by atoms with Gasteiger partial charge in [-0.1, -0.05) is 0 Å². The van der Waals surface area contributed by atoms with Gasteiger partial charge in [0.25, 0.3) is 0 Å². The Kier molecular flexibility index (Phi) is 5.81. The molecule has 1 saturated heterocycles. The minimum atomic E-state index is -4.30. The van der Waals surface area contributed by atoms with E-state index in [9.17, 15) is 18.0 Å².